The number of hydrogen-bond acceptors (Lipinski definition) is 8. The van der Waals surface area contributed by atoms with Gasteiger partial charge in [0.1, 0.15) is 17.5 Å². The zero-order valence-electron chi connectivity index (χ0n) is 23.9. The van der Waals surface area contributed by atoms with Crippen LogP contribution in [-0.2, 0) is 19.9 Å². The Labute approximate surface area is 248 Å². The first kappa shape index (κ1) is 30.1. The van der Waals surface area contributed by atoms with Gasteiger partial charge in [-0.05, 0) is 74.7 Å². The predicted molar refractivity (Wildman–Crippen MR) is 163 cm³/mol. The Morgan fingerprint density at radius 3 is 2.44 bits per heavy atom. The summed E-state index contributed by atoms with van der Waals surface area (Å²) in [6, 6.07) is 15.1. The van der Waals surface area contributed by atoms with Crippen molar-refractivity contribution in [1.82, 2.24) is 9.97 Å². The predicted octanol–water partition coefficient (Wildman–Crippen LogP) is 5.97. The summed E-state index contributed by atoms with van der Waals surface area (Å²) in [6.45, 7) is 3.40. The number of carbonyl (C=O) groups is 1. The molecule has 224 valence electrons. The maximum absolute atomic E-state index is 15.4. The fourth-order valence-corrected chi connectivity index (χ4v) is 5.40. The molecule has 9 nitrogen and oxygen atoms in total. The summed E-state index contributed by atoms with van der Waals surface area (Å²) >= 11 is 0. The number of benzene rings is 3. The van der Waals surface area contributed by atoms with Crippen molar-refractivity contribution in [2.24, 2.45) is 0 Å². The highest BCUT2D eigenvalue weighted by molar-refractivity contribution is 7.91. The third-order valence-corrected chi connectivity index (χ3v) is 8.53. The molecule has 0 saturated heterocycles. The number of halogens is 2. The van der Waals surface area contributed by atoms with Gasteiger partial charge in [-0.2, -0.15) is 4.98 Å². The number of rotatable bonds is 10. The van der Waals surface area contributed by atoms with Gasteiger partial charge in [0, 0.05) is 40.2 Å². The Morgan fingerprint density at radius 2 is 1.81 bits per heavy atom. The van der Waals surface area contributed by atoms with E-state index in [1.165, 1.54) is 30.7 Å². The van der Waals surface area contributed by atoms with Gasteiger partial charge in [0.25, 0.3) is 0 Å². The van der Waals surface area contributed by atoms with Gasteiger partial charge in [-0.3, -0.25) is 4.79 Å². The molecule has 4 aromatic rings. The molecule has 0 bridgehead atoms. The van der Waals surface area contributed by atoms with Gasteiger partial charge in [-0.15, -0.1) is 0 Å². The molecule has 3 aromatic carbocycles. The molecular formula is C31H32F2N6O3S. The Hall–Kier alpha value is -4.42. The van der Waals surface area contributed by atoms with Crippen LogP contribution in [0.1, 0.15) is 30.9 Å². The molecule has 1 heterocycles. The zero-order valence-corrected chi connectivity index (χ0v) is 24.7. The van der Waals surface area contributed by atoms with Gasteiger partial charge in [0.2, 0.25) is 11.9 Å². The third-order valence-electron chi connectivity index (χ3n) is 7.36. The topological polar surface area (TPSA) is 140 Å². The Balaban J connectivity index is 1.39. The highest BCUT2D eigenvalue weighted by atomic mass is 32.2. The van der Waals surface area contributed by atoms with Gasteiger partial charge < -0.3 is 21.1 Å². The molecule has 0 spiro atoms. The average molecular weight is 607 g/mol. The van der Waals surface area contributed by atoms with Gasteiger partial charge >= 0.3 is 0 Å². The molecule has 2 atom stereocenters. The molecule has 1 aromatic heterocycles. The number of hydrogen-bond donors (Lipinski definition) is 5. The van der Waals surface area contributed by atoms with Gasteiger partial charge in [0.15, 0.2) is 0 Å². The molecule has 1 saturated carbocycles. The number of anilines is 4. The molecule has 1 aliphatic carbocycles. The highest BCUT2D eigenvalue weighted by Gasteiger charge is 2.53. The Kier molecular flexibility index (Phi) is 8.17. The summed E-state index contributed by atoms with van der Waals surface area (Å²) in [7, 11) is -2.85. The van der Waals surface area contributed by atoms with E-state index in [0.717, 1.165) is 5.56 Å². The van der Waals surface area contributed by atoms with Crippen molar-refractivity contribution in [1.29, 1.82) is 4.78 Å². The van der Waals surface area contributed by atoms with Crippen molar-refractivity contribution in [3.05, 3.63) is 89.6 Å². The molecule has 2 unspecified atom stereocenters. The second-order valence-corrected chi connectivity index (χ2v) is 13.0. The molecule has 1 fully saturated rings. The van der Waals surface area contributed by atoms with Crippen LogP contribution in [0.25, 0.3) is 11.1 Å². The van der Waals surface area contributed by atoms with Gasteiger partial charge in [-0.25, -0.2) is 22.8 Å². The van der Waals surface area contributed by atoms with Gasteiger partial charge in [0.05, 0.1) is 27.4 Å². The van der Waals surface area contributed by atoms with Crippen molar-refractivity contribution in [3.8, 4) is 11.1 Å². The summed E-state index contributed by atoms with van der Waals surface area (Å²) < 4.78 is 49.6. The third kappa shape index (κ3) is 6.50. The van der Waals surface area contributed by atoms with Crippen molar-refractivity contribution in [3.63, 3.8) is 0 Å². The van der Waals surface area contributed by atoms with E-state index in [9.17, 15) is 18.5 Å². The molecule has 43 heavy (non-hydrogen) atoms. The van der Waals surface area contributed by atoms with E-state index in [0.29, 0.717) is 45.9 Å². The Bertz CT molecular complexity index is 1790. The molecule has 0 aliphatic heterocycles. The lowest BCUT2D eigenvalue weighted by molar-refractivity contribution is -0.118. The van der Waals surface area contributed by atoms with E-state index in [2.05, 4.69) is 25.9 Å². The van der Waals surface area contributed by atoms with Crippen LogP contribution in [0.2, 0.25) is 0 Å². The van der Waals surface area contributed by atoms with Crippen LogP contribution in [-0.4, -0.2) is 44.1 Å². The maximum atomic E-state index is 15.4. The number of aliphatic hydroxyl groups is 1. The van der Waals surface area contributed by atoms with Crippen molar-refractivity contribution < 1.29 is 22.9 Å². The summed E-state index contributed by atoms with van der Waals surface area (Å²) in [5, 5.41) is 18.4. The first-order valence-electron chi connectivity index (χ1n) is 13.6. The lowest BCUT2D eigenvalue weighted by atomic mass is 9.92. The monoisotopic (exact) mass is 606 g/mol. The number of aromatic nitrogens is 2. The maximum Gasteiger partial charge on any atom is 0.235 e. The average Bonchev–Trinajstić information content (AvgIpc) is 3.77. The molecule has 5 rings (SSSR count). The molecular weight excluding hydrogens is 574 g/mol. The van der Waals surface area contributed by atoms with Crippen LogP contribution in [0.4, 0.5) is 31.9 Å². The van der Waals surface area contributed by atoms with Crippen molar-refractivity contribution in [2.45, 2.75) is 43.0 Å². The number of aryl methyl sites for hydroxylation is 1. The normalized spacial score (nSPS) is 15.7. The second-order valence-electron chi connectivity index (χ2n) is 10.9. The summed E-state index contributed by atoms with van der Waals surface area (Å²) in [5.41, 5.74) is 1.59. The Morgan fingerprint density at radius 1 is 1.09 bits per heavy atom. The van der Waals surface area contributed by atoms with Crippen LogP contribution in [0.15, 0.2) is 71.8 Å². The van der Waals surface area contributed by atoms with E-state index in [4.69, 9.17) is 4.78 Å². The molecule has 12 heteroatoms. The smallest absolute Gasteiger partial charge is 0.235 e. The molecule has 5 N–H and O–H groups in total. The van der Waals surface area contributed by atoms with Crippen molar-refractivity contribution >= 4 is 38.8 Å². The first-order valence-corrected chi connectivity index (χ1v) is 15.6. The standard InChI is InChI=1S/C31H32F2N6O3S/c1-18-4-10-25(32)24(14-18)31(12-13-31)29(41)38-27-11-5-20(15-26(27)33)23-16-35-30(39-28(23)36-19(2)17-40)37-21-6-8-22(9-7-21)43(3,34)42/h4-11,14-16,19,34,40H,12-13,17H2,1-3H3,(H,38,41)(H2,35,36,37,39). The fourth-order valence-electron chi connectivity index (χ4n) is 4.74. The SMILES string of the molecule is Cc1ccc(F)c(C2(C(=O)Nc3ccc(-c4cnc(Nc5ccc(S(C)(=N)=O)cc5)nc4NC(C)CO)cc3F)CC2)c1. The minimum atomic E-state index is -2.85. The van der Waals surface area contributed by atoms with Crippen LogP contribution >= 0.6 is 0 Å². The number of amides is 1. The lowest BCUT2D eigenvalue weighted by Crippen LogP contribution is -2.29. The van der Waals surface area contributed by atoms with E-state index < -0.39 is 32.7 Å². The summed E-state index contributed by atoms with van der Waals surface area (Å²) in [6.07, 6.45) is 3.80. The van der Waals surface area contributed by atoms with Crippen LogP contribution in [0.3, 0.4) is 0 Å². The molecule has 1 amide bonds. The number of carbonyl (C=O) groups excluding carboxylic acids is 1. The summed E-state index contributed by atoms with van der Waals surface area (Å²) in [4.78, 5) is 22.5. The fraction of sp³-hybridized carbons (Fsp3) is 0.258. The van der Waals surface area contributed by atoms with Crippen LogP contribution in [0, 0.1) is 23.3 Å². The molecule has 0 radical (unpaired) electrons. The highest BCUT2D eigenvalue weighted by Crippen LogP contribution is 2.50. The van der Waals surface area contributed by atoms with E-state index >= 15 is 4.39 Å². The number of aliphatic hydroxyl groups excluding tert-OH is 1. The van der Waals surface area contributed by atoms with Gasteiger partial charge in [-0.1, -0.05) is 23.8 Å². The van der Waals surface area contributed by atoms with Crippen molar-refractivity contribution in [2.75, 3.05) is 28.8 Å². The van der Waals surface area contributed by atoms with E-state index in [1.807, 2.05) is 6.92 Å². The van der Waals surface area contributed by atoms with Crippen LogP contribution < -0.4 is 16.0 Å². The number of nitrogens with zero attached hydrogens (tertiary/aromatic N) is 2. The molecule has 1 aliphatic rings. The van der Waals surface area contributed by atoms with E-state index in [-0.39, 0.29) is 24.3 Å². The second kappa shape index (κ2) is 11.7. The zero-order chi connectivity index (χ0) is 30.9. The summed E-state index contributed by atoms with van der Waals surface area (Å²) in [5.74, 6) is -1.05. The van der Waals surface area contributed by atoms with Crippen LogP contribution in [0.5, 0.6) is 0 Å². The quantitative estimate of drug-likeness (QED) is 0.150. The lowest BCUT2D eigenvalue weighted by Gasteiger charge is -2.19. The van der Waals surface area contributed by atoms with E-state index in [1.54, 1.807) is 49.4 Å². The minimum Gasteiger partial charge on any atom is -0.394 e. The first-order chi connectivity index (χ1) is 20.4. The number of nitrogens with one attached hydrogen (secondary N) is 4. The minimum absolute atomic E-state index is 0.0299. The largest absolute Gasteiger partial charge is 0.394 e.